The van der Waals surface area contributed by atoms with E-state index in [2.05, 4.69) is 49.9 Å². The van der Waals surface area contributed by atoms with E-state index in [0.717, 1.165) is 49.1 Å². The maximum absolute atomic E-state index is 6.36. The summed E-state index contributed by atoms with van der Waals surface area (Å²) >= 11 is 8.18. The van der Waals surface area contributed by atoms with Gasteiger partial charge in [0.25, 0.3) is 0 Å². The average molecular weight is 458 g/mol. The van der Waals surface area contributed by atoms with Crippen LogP contribution in [0, 0.1) is 0 Å². The van der Waals surface area contributed by atoms with Crippen molar-refractivity contribution in [1.29, 1.82) is 0 Å². The zero-order chi connectivity index (χ0) is 22.0. The molecule has 0 amide bonds. The van der Waals surface area contributed by atoms with Crippen molar-refractivity contribution in [2.24, 2.45) is 0 Å². The second-order valence-corrected chi connectivity index (χ2v) is 9.56. The summed E-state index contributed by atoms with van der Waals surface area (Å²) in [6, 6.07) is 12.5. The second kappa shape index (κ2) is 9.48. The molecule has 2 aromatic heterocycles. The molecule has 0 bridgehead atoms. The number of thiophene rings is 1. The Morgan fingerprint density at radius 1 is 1.06 bits per heavy atom. The highest BCUT2D eigenvalue weighted by Crippen LogP contribution is 2.33. The summed E-state index contributed by atoms with van der Waals surface area (Å²) in [6.45, 7) is 7.04. The van der Waals surface area contributed by atoms with Gasteiger partial charge in [0.05, 0.1) is 6.04 Å². The highest BCUT2D eigenvalue weighted by atomic mass is 35.5. The number of hydrogen-bond acceptors (Lipinski definition) is 8. The van der Waals surface area contributed by atoms with Gasteiger partial charge in [-0.2, -0.15) is 15.0 Å². The molecule has 31 heavy (non-hydrogen) atoms. The quantitative estimate of drug-likeness (QED) is 0.603. The predicted molar refractivity (Wildman–Crippen MR) is 129 cm³/mol. The Morgan fingerprint density at radius 3 is 2.52 bits per heavy atom. The summed E-state index contributed by atoms with van der Waals surface area (Å²) in [4.78, 5) is 22.5. The van der Waals surface area contributed by atoms with Gasteiger partial charge in [0.15, 0.2) is 5.82 Å². The summed E-state index contributed by atoms with van der Waals surface area (Å²) < 4.78 is 0. The third kappa shape index (κ3) is 5.15. The van der Waals surface area contributed by atoms with Crippen LogP contribution in [0.5, 0.6) is 0 Å². The molecular weight excluding hydrogens is 430 g/mol. The molecule has 9 heteroatoms. The van der Waals surface area contributed by atoms with Crippen LogP contribution in [0.25, 0.3) is 10.4 Å². The molecule has 1 unspecified atom stereocenters. The normalized spacial score (nSPS) is 16.4. The lowest BCUT2D eigenvalue weighted by Crippen LogP contribution is -2.46. The molecule has 1 aromatic carbocycles. The van der Waals surface area contributed by atoms with E-state index >= 15 is 0 Å². The van der Waals surface area contributed by atoms with E-state index in [1.807, 2.05) is 48.5 Å². The smallest absolute Gasteiger partial charge is 0.229 e. The maximum atomic E-state index is 6.36. The van der Waals surface area contributed by atoms with Gasteiger partial charge in [-0.05, 0) is 25.1 Å². The third-order valence-electron chi connectivity index (χ3n) is 5.57. The first-order valence-corrected chi connectivity index (χ1v) is 11.6. The van der Waals surface area contributed by atoms with E-state index in [1.54, 1.807) is 0 Å². The van der Waals surface area contributed by atoms with Crippen LogP contribution in [0.15, 0.2) is 36.4 Å². The Morgan fingerprint density at radius 2 is 1.81 bits per heavy atom. The van der Waals surface area contributed by atoms with Crippen molar-refractivity contribution in [3.8, 4) is 10.4 Å². The fourth-order valence-electron chi connectivity index (χ4n) is 3.75. The van der Waals surface area contributed by atoms with Gasteiger partial charge in [-0.3, -0.25) is 9.80 Å². The molecule has 2 N–H and O–H groups in total. The number of nitrogen functional groups attached to an aromatic ring is 1. The number of nitrogens with zero attached hydrogens (tertiary/aromatic N) is 6. The van der Waals surface area contributed by atoms with Crippen molar-refractivity contribution < 1.29 is 0 Å². The molecule has 7 nitrogen and oxygen atoms in total. The van der Waals surface area contributed by atoms with Crippen LogP contribution < -0.4 is 10.6 Å². The van der Waals surface area contributed by atoms with Crippen LogP contribution >= 0.6 is 22.9 Å². The number of hydrogen-bond donors (Lipinski definition) is 1. The van der Waals surface area contributed by atoms with E-state index in [4.69, 9.17) is 17.3 Å². The van der Waals surface area contributed by atoms with E-state index in [-0.39, 0.29) is 12.0 Å². The van der Waals surface area contributed by atoms with Crippen molar-refractivity contribution in [2.45, 2.75) is 19.5 Å². The van der Waals surface area contributed by atoms with E-state index in [1.165, 1.54) is 9.75 Å². The van der Waals surface area contributed by atoms with Crippen LogP contribution in [0.1, 0.15) is 23.7 Å². The molecule has 0 radical (unpaired) electrons. The summed E-state index contributed by atoms with van der Waals surface area (Å²) in [5.74, 6) is 1.60. The first kappa shape index (κ1) is 22.0. The Labute approximate surface area is 192 Å². The zero-order valence-corrected chi connectivity index (χ0v) is 19.7. The molecule has 1 aliphatic rings. The lowest BCUT2D eigenvalue weighted by atomic mass is 10.2. The lowest BCUT2D eigenvalue weighted by Gasteiger charge is -2.37. The van der Waals surface area contributed by atoms with Crippen LogP contribution in [0.2, 0.25) is 5.02 Å². The molecule has 1 fully saturated rings. The predicted octanol–water partition coefficient (Wildman–Crippen LogP) is 3.78. The largest absolute Gasteiger partial charge is 0.368 e. The van der Waals surface area contributed by atoms with Crippen molar-refractivity contribution in [3.63, 3.8) is 0 Å². The monoisotopic (exact) mass is 457 g/mol. The fraction of sp³-hybridized carbons (Fsp3) is 0.409. The minimum absolute atomic E-state index is 0.0970. The first-order chi connectivity index (χ1) is 14.9. The number of rotatable bonds is 6. The number of nitrogens with two attached hydrogens (primary N) is 1. The molecule has 1 saturated heterocycles. The van der Waals surface area contributed by atoms with Gasteiger partial charge in [-0.25, -0.2) is 0 Å². The van der Waals surface area contributed by atoms with Crippen LogP contribution in [0.4, 0.5) is 11.9 Å². The number of piperazine rings is 1. The fourth-order valence-corrected chi connectivity index (χ4v) is 5.13. The van der Waals surface area contributed by atoms with E-state index in [9.17, 15) is 0 Å². The molecule has 3 aromatic rings. The SMILES string of the molecule is CC(c1nc(N)nc(N(C)C)n1)N1CCN(Cc2ccc(-c3ccccc3Cl)s2)CC1. The highest BCUT2D eigenvalue weighted by molar-refractivity contribution is 7.15. The van der Waals surface area contributed by atoms with Gasteiger partial charge in [-0.15, -0.1) is 11.3 Å². The summed E-state index contributed by atoms with van der Waals surface area (Å²) in [6.07, 6.45) is 0. The van der Waals surface area contributed by atoms with Crippen molar-refractivity contribution in [2.75, 3.05) is 50.9 Å². The average Bonchev–Trinajstić information content (AvgIpc) is 3.22. The second-order valence-electron chi connectivity index (χ2n) is 7.98. The molecule has 0 spiro atoms. The van der Waals surface area contributed by atoms with E-state index in [0.29, 0.717) is 5.95 Å². The molecule has 3 heterocycles. The van der Waals surface area contributed by atoms with Crippen molar-refractivity contribution in [3.05, 3.63) is 52.1 Å². The Kier molecular flexibility index (Phi) is 6.71. The van der Waals surface area contributed by atoms with Gasteiger partial charge in [-0.1, -0.05) is 29.8 Å². The standard InChI is InChI=1S/C22H28ClN7S/c1-15(20-25-21(24)27-22(26-20)28(2)3)30-12-10-29(11-13-30)14-16-8-9-19(31-16)17-6-4-5-7-18(17)23/h4-9,15H,10-14H2,1-3H3,(H2,24,25,26,27). The summed E-state index contributed by atoms with van der Waals surface area (Å²) in [7, 11) is 3.81. The van der Waals surface area contributed by atoms with Gasteiger partial charge in [0.1, 0.15) is 0 Å². The molecule has 1 atom stereocenters. The Bertz CT molecular complexity index is 1030. The molecule has 4 rings (SSSR count). The summed E-state index contributed by atoms with van der Waals surface area (Å²) in [5, 5.41) is 0.801. The van der Waals surface area contributed by atoms with Gasteiger partial charge >= 0.3 is 0 Å². The van der Waals surface area contributed by atoms with Gasteiger partial charge in [0, 0.05) is 67.2 Å². The Hall–Kier alpha value is -2.26. The van der Waals surface area contributed by atoms with Crippen molar-refractivity contribution >= 4 is 34.8 Å². The summed E-state index contributed by atoms with van der Waals surface area (Å²) in [5.41, 5.74) is 7.01. The van der Waals surface area contributed by atoms with Crippen LogP contribution in [0.3, 0.4) is 0 Å². The van der Waals surface area contributed by atoms with Gasteiger partial charge < -0.3 is 10.6 Å². The van der Waals surface area contributed by atoms with Crippen molar-refractivity contribution in [1.82, 2.24) is 24.8 Å². The van der Waals surface area contributed by atoms with E-state index < -0.39 is 0 Å². The van der Waals surface area contributed by atoms with Crippen LogP contribution in [-0.2, 0) is 6.54 Å². The molecule has 1 aliphatic heterocycles. The Balaban J connectivity index is 1.36. The molecule has 164 valence electrons. The lowest BCUT2D eigenvalue weighted by molar-refractivity contribution is 0.0954. The highest BCUT2D eigenvalue weighted by Gasteiger charge is 2.25. The number of anilines is 2. The maximum Gasteiger partial charge on any atom is 0.229 e. The number of aromatic nitrogens is 3. The minimum Gasteiger partial charge on any atom is -0.368 e. The first-order valence-electron chi connectivity index (χ1n) is 10.4. The topological polar surface area (TPSA) is 74.4 Å². The number of halogens is 1. The molecule has 0 aliphatic carbocycles. The van der Waals surface area contributed by atoms with Gasteiger partial charge in [0.2, 0.25) is 11.9 Å². The van der Waals surface area contributed by atoms with Crippen LogP contribution in [-0.4, -0.2) is 65.0 Å². The third-order valence-corrected chi connectivity index (χ3v) is 7.00. The minimum atomic E-state index is 0.0970. The molecule has 0 saturated carbocycles. The number of benzene rings is 1. The molecular formula is C22H28ClN7S. The zero-order valence-electron chi connectivity index (χ0n) is 18.1.